The molecule has 0 aliphatic rings. The first-order chi connectivity index (χ1) is 15.2. The summed E-state index contributed by atoms with van der Waals surface area (Å²) in [6.07, 6.45) is 0. The smallest absolute Gasteiger partial charge is 0.262 e. The van der Waals surface area contributed by atoms with E-state index < -0.39 is 27.7 Å². The van der Waals surface area contributed by atoms with Gasteiger partial charge in [0.15, 0.2) is 0 Å². The Labute approximate surface area is 184 Å². The van der Waals surface area contributed by atoms with Crippen molar-refractivity contribution in [3.63, 3.8) is 0 Å². The van der Waals surface area contributed by atoms with E-state index in [2.05, 4.69) is 15.4 Å². The fourth-order valence-corrected chi connectivity index (χ4v) is 3.88. The molecule has 166 valence electrons. The molecular weight excluding hydrogens is 437 g/mol. The van der Waals surface area contributed by atoms with Crippen molar-refractivity contribution in [3.8, 4) is 5.75 Å². The number of ether oxygens (including phenoxy) is 1. The molecule has 10 heteroatoms. The normalized spacial score (nSPS) is 10.8. The van der Waals surface area contributed by atoms with Gasteiger partial charge in [0.05, 0.1) is 23.4 Å². The lowest BCUT2D eigenvalue weighted by molar-refractivity contribution is -0.114. The minimum atomic E-state index is -3.91. The maximum Gasteiger partial charge on any atom is 0.262 e. The summed E-state index contributed by atoms with van der Waals surface area (Å²) in [5.74, 6) is -1.27. The van der Waals surface area contributed by atoms with Crippen LogP contribution in [0.5, 0.6) is 5.75 Å². The van der Waals surface area contributed by atoms with Gasteiger partial charge in [0.25, 0.3) is 15.9 Å². The molecule has 2 amide bonds. The number of hydrogen-bond acceptors (Lipinski definition) is 5. The molecule has 3 N–H and O–H groups in total. The minimum Gasteiger partial charge on any atom is -0.495 e. The number of hydrogen-bond donors (Lipinski definition) is 3. The maximum absolute atomic E-state index is 13.8. The van der Waals surface area contributed by atoms with Crippen LogP contribution in [0.25, 0.3) is 0 Å². The molecule has 0 bridgehead atoms. The Bertz CT molecular complexity index is 1260. The number of benzene rings is 3. The Morgan fingerprint density at radius 1 is 0.906 bits per heavy atom. The van der Waals surface area contributed by atoms with Gasteiger partial charge in [-0.3, -0.25) is 14.3 Å². The van der Waals surface area contributed by atoms with Gasteiger partial charge in [-0.25, -0.2) is 12.8 Å². The van der Waals surface area contributed by atoms with Crippen LogP contribution in [0.3, 0.4) is 0 Å². The van der Waals surface area contributed by atoms with Crippen LogP contribution in [-0.4, -0.2) is 27.3 Å². The molecular formula is C22H20FN3O5S. The SMILES string of the molecule is COc1ccccc1NS(=O)(=O)c1ccc(C(=O)Nc2ccc(F)c(NC(C)=O)c2)cc1. The second-order valence-corrected chi connectivity index (χ2v) is 8.34. The van der Waals surface area contributed by atoms with E-state index in [-0.39, 0.29) is 27.5 Å². The monoisotopic (exact) mass is 457 g/mol. The van der Waals surface area contributed by atoms with Crippen molar-refractivity contribution in [3.05, 3.63) is 78.1 Å². The summed E-state index contributed by atoms with van der Waals surface area (Å²) in [6, 6.07) is 15.6. The van der Waals surface area contributed by atoms with Crippen molar-refractivity contribution in [1.82, 2.24) is 0 Å². The van der Waals surface area contributed by atoms with Gasteiger partial charge < -0.3 is 15.4 Å². The summed E-state index contributed by atoms with van der Waals surface area (Å²) in [6.45, 7) is 1.24. The first-order valence-electron chi connectivity index (χ1n) is 9.34. The Morgan fingerprint density at radius 2 is 1.59 bits per heavy atom. The highest BCUT2D eigenvalue weighted by molar-refractivity contribution is 7.92. The predicted octanol–water partition coefficient (Wildman–Crippen LogP) is 3.85. The first kappa shape index (κ1) is 22.8. The van der Waals surface area contributed by atoms with E-state index in [9.17, 15) is 22.4 Å². The molecule has 3 aromatic rings. The Balaban J connectivity index is 1.75. The Morgan fingerprint density at radius 3 is 2.25 bits per heavy atom. The molecule has 0 aliphatic carbocycles. The van der Waals surface area contributed by atoms with Gasteiger partial charge in [0, 0.05) is 18.2 Å². The summed E-state index contributed by atoms with van der Waals surface area (Å²) >= 11 is 0. The zero-order valence-corrected chi connectivity index (χ0v) is 18.0. The van der Waals surface area contributed by atoms with E-state index >= 15 is 0 Å². The van der Waals surface area contributed by atoms with Crippen molar-refractivity contribution in [1.29, 1.82) is 0 Å². The highest BCUT2D eigenvalue weighted by Crippen LogP contribution is 2.26. The van der Waals surface area contributed by atoms with E-state index in [4.69, 9.17) is 4.74 Å². The number of para-hydroxylation sites is 2. The molecule has 3 aromatic carbocycles. The number of halogens is 1. The van der Waals surface area contributed by atoms with Gasteiger partial charge in [0.2, 0.25) is 5.91 Å². The molecule has 0 atom stereocenters. The Hall–Kier alpha value is -3.92. The topological polar surface area (TPSA) is 114 Å². The fraction of sp³-hybridized carbons (Fsp3) is 0.0909. The third kappa shape index (κ3) is 5.41. The molecule has 0 unspecified atom stereocenters. The summed E-state index contributed by atoms with van der Waals surface area (Å²) in [5.41, 5.74) is 0.656. The highest BCUT2D eigenvalue weighted by atomic mass is 32.2. The fourth-order valence-electron chi connectivity index (χ4n) is 2.81. The van der Waals surface area contributed by atoms with Gasteiger partial charge >= 0.3 is 0 Å². The third-order valence-electron chi connectivity index (χ3n) is 4.31. The van der Waals surface area contributed by atoms with Crippen LogP contribution in [0.15, 0.2) is 71.6 Å². The standard InChI is InChI=1S/C22H20FN3O5S/c1-14(27)24-20-13-16(9-12-18(20)23)25-22(28)15-7-10-17(11-8-15)32(29,30)26-19-5-3-4-6-21(19)31-2/h3-13,26H,1-2H3,(H,24,27)(H,25,28). The quantitative estimate of drug-likeness (QED) is 0.499. The number of amides is 2. The van der Waals surface area contributed by atoms with Crippen LogP contribution in [0.2, 0.25) is 0 Å². The third-order valence-corrected chi connectivity index (χ3v) is 5.69. The zero-order chi connectivity index (χ0) is 23.3. The predicted molar refractivity (Wildman–Crippen MR) is 119 cm³/mol. The van der Waals surface area contributed by atoms with Crippen LogP contribution in [-0.2, 0) is 14.8 Å². The lowest BCUT2D eigenvalue weighted by Crippen LogP contribution is -2.15. The van der Waals surface area contributed by atoms with Crippen LogP contribution >= 0.6 is 0 Å². The summed E-state index contributed by atoms with van der Waals surface area (Å²) in [5, 5.41) is 4.90. The minimum absolute atomic E-state index is 0.0466. The molecule has 32 heavy (non-hydrogen) atoms. The van der Waals surface area contributed by atoms with Crippen molar-refractivity contribution in [2.45, 2.75) is 11.8 Å². The van der Waals surface area contributed by atoms with E-state index in [0.717, 1.165) is 6.07 Å². The van der Waals surface area contributed by atoms with Crippen LogP contribution < -0.4 is 20.1 Å². The molecule has 0 fully saturated rings. The molecule has 0 heterocycles. The number of sulfonamides is 1. The molecule has 0 spiro atoms. The molecule has 0 saturated heterocycles. The van der Waals surface area contributed by atoms with Crippen molar-refractivity contribution in [2.75, 3.05) is 22.5 Å². The lowest BCUT2D eigenvalue weighted by atomic mass is 10.2. The van der Waals surface area contributed by atoms with Crippen LogP contribution in [0, 0.1) is 5.82 Å². The first-order valence-corrected chi connectivity index (χ1v) is 10.8. The number of rotatable bonds is 7. The van der Waals surface area contributed by atoms with Gasteiger partial charge in [-0.15, -0.1) is 0 Å². The van der Waals surface area contributed by atoms with E-state index in [1.165, 1.54) is 50.4 Å². The average Bonchev–Trinajstić information content (AvgIpc) is 2.76. The molecule has 0 saturated carbocycles. The molecule has 3 rings (SSSR count). The van der Waals surface area contributed by atoms with Gasteiger partial charge in [-0.2, -0.15) is 0 Å². The van der Waals surface area contributed by atoms with E-state index in [1.54, 1.807) is 24.3 Å². The number of anilines is 3. The second-order valence-electron chi connectivity index (χ2n) is 6.66. The molecule has 0 aliphatic heterocycles. The van der Waals surface area contributed by atoms with Crippen molar-refractivity contribution in [2.24, 2.45) is 0 Å². The maximum atomic E-state index is 13.8. The number of nitrogens with one attached hydrogen (secondary N) is 3. The van der Waals surface area contributed by atoms with E-state index in [0.29, 0.717) is 5.75 Å². The summed E-state index contributed by atoms with van der Waals surface area (Å²) < 4.78 is 46.7. The molecule has 8 nitrogen and oxygen atoms in total. The highest BCUT2D eigenvalue weighted by Gasteiger charge is 2.17. The summed E-state index contributed by atoms with van der Waals surface area (Å²) in [4.78, 5) is 23.6. The molecule has 0 aromatic heterocycles. The van der Waals surface area contributed by atoms with Gasteiger partial charge in [0.1, 0.15) is 11.6 Å². The van der Waals surface area contributed by atoms with Crippen LogP contribution in [0.1, 0.15) is 17.3 Å². The zero-order valence-electron chi connectivity index (χ0n) is 17.2. The molecule has 0 radical (unpaired) electrons. The van der Waals surface area contributed by atoms with E-state index in [1.807, 2.05) is 0 Å². The number of carbonyl (C=O) groups excluding carboxylic acids is 2. The van der Waals surface area contributed by atoms with Crippen LogP contribution in [0.4, 0.5) is 21.5 Å². The van der Waals surface area contributed by atoms with Gasteiger partial charge in [-0.1, -0.05) is 12.1 Å². The summed E-state index contributed by atoms with van der Waals surface area (Å²) in [7, 11) is -2.48. The second kappa shape index (κ2) is 9.48. The average molecular weight is 457 g/mol. The van der Waals surface area contributed by atoms with Crippen molar-refractivity contribution < 1.29 is 27.1 Å². The lowest BCUT2D eigenvalue weighted by Gasteiger charge is -2.12. The number of methoxy groups -OCH3 is 1. The largest absolute Gasteiger partial charge is 0.495 e. The van der Waals surface area contributed by atoms with Crippen molar-refractivity contribution >= 4 is 38.9 Å². The van der Waals surface area contributed by atoms with Gasteiger partial charge in [-0.05, 0) is 54.6 Å². The Kier molecular flexibility index (Phi) is 6.74. The number of carbonyl (C=O) groups is 2.